The number of sulfonamides is 1. The van der Waals surface area contributed by atoms with Crippen LogP contribution in [0.15, 0.2) is 32.6 Å². The van der Waals surface area contributed by atoms with Crippen molar-refractivity contribution in [2.75, 3.05) is 40.9 Å². The Balaban J connectivity index is 1.56. The number of oxazole rings is 1. The lowest BCUT2D eigenvalue weighted by Gasteiger charge is -2.39. The van der Waals surface area contributed by atoms with Gasteiger partial charge in [0.15, 0.2) is 0 Å². The van der Waals surface area contributed by atoms with Gasteiger partial charge in [-0.05, 0) is 59.1 Å². The summed E-state index contributed by atoms with van der Waals surface area (Å²) in [7, 11) is -3.73. The topological polar surface area (TPSA) is 106 Å². The lowest BCUT2D eigenvalue weighted by atomic mass is 10.1. The quantitative estimate of drug-likeness (QED) is 0.647. The number of hydrogen-bond acceptors (Lipinski definition) is 9. The lowest BCUT2D eigenvalue weighted by molar-refractivity contribution is 0.407. The molecule has 1 aromatic heterocycles. The highest BCUT2D eigenvalue weighted by atomic mass is 32.2. The molecular weight excluding hydrogens is 466 g/mol. The largest absolute Gasteiger partial charge is 0.428 e. The molecule has 10 nitrogen and oxygen atoms in total. The van der Waals surface area contributed by atoms with Gasteiger partial charge in [-0.2, -0.15) is 0 Å². The highest BCUT2D eigenvalue weighted by Gasteiger charge is 2.44. The minimum atomic E-state index is -3.73. The first kappa shape index (κ1) is 22.8. The first-order valence-corrected chi connectivity index (χ1v) is 13.9. The third kappa shape index (κ3) is 3.99. The predicted molar refractivity (Wildman–Crippen MR) is 136 cm³/mol. The molecule has 0 radical (unpaired) electrons. The minimum absolute atomic E-state index is 0.256. The number of piperazine rings is 1. The van der Waals surface area contributed by atoms with Crippen LogP contribution in [0.2, 0.25) is 0 Å². The maximum Gasteiger partial charge on any atom is 0.309 e. The molecular formula is C24H33N7O3S. The fourth-order valence-electron chi connectivity index (χ4n) is 5.36. The molecule has 2 fully saturated rings. The van der Waals surface area contributed by atoms with Crippen LogP contribution >= 0.6 is 0 Å². The predicted octanol–water partition coefficient (Wildman–Crippen LogP) is 2.72. The number of guanidine groups is 1. The van der Waals surface area contributed by atoms with Crippen molar-refractivity contribution in [3.63, 3.8) is 0 Å². The van der Waals surface area contributed by atoms with E-state index in [0.717, 1.165) is 61.9 Å². The van der Waals surface area contributed by atoms with Crippen LogP contribution < -0.4 is 24.7 Å². The van der Waals surface area contributed by atoms with E-state index in [9.17, 15) is 8.42 Å². The maximum atomic E-state index is 13.6. The van der Waals surface area contributed by atoms with E-state index in [1.807, 2.05) is 24.8 Å². The van der Waals surface area contributed by atoms with Gasteiger partial charge in [0.2, 0.25) is 16.0 Å². The highest BCUT2D eigenvalue weighted by molar-refractivity contribution is 7.89. The Morgan fingerprint density at radius 3 is 2.54 bits per heavy atom. The van der Waals surface area contributed by atoms with E-state index in [4.69, 9.17) is 9.41 Å². The standard InChI is InChI=1S/C24H33N7O3S/c1-15-13-29(14-16(2)27-15)19-10-18(35(32,33)28-24(4)6-7-24)11-20-21(19)30-9-5-8-25-22(30)31(20)23-26-12-17(3)34-23/h10-12,15-16,27-28H,5-9,13-14H2,1-4H3. The number of nitrogens with one attached hydrogen (secondary N) is 2. The van der Waals surface area contributed by atoms with Crippen molar-refractivity contribution in [2.24, 2.45) is 4.99 Å². The molecule has 2 atom stereocenters. The third-order valence-corrected chi connectivity index (χ3v) is 8.80. The molecule has 11 heteroatoms. The van der Waals surface area contributed by atoms with Crippen LogP contribution in [-0.4, -0.2) is 63.2 Å². The fraction of sp³-hybridized carbons (Fsp3) is 0.583. The van der Waals surface area contributed by atoms with Crippen molar-refractivity contribution in [2.45, 2.75) is 69.5 Å². The summed E-state index contributed by atoms with van der Waals surface area (Å²) in [4.78, 5) is 15.9. The van der Waals surface area contributed by atoms with E-state index < -0.39 is 10.0 Å². The zero-order valence-corrected chi connectivity index (χ0v) is 21.5. The molecule has 0 spiro atoms. The van der Waals surface area contributed by atoms with Gasteiger partial charge in [0.1, 0.15) is 5.76 Å². The summed E-state index contributed by atoms with van der Waals surface area (Å²) >= 11 is 0. The number of fused-ring (bicyclic) bond motifs is 3. The Morgan fingerprint density at radius 1 is 1.17 bits per heavy atom. The molecule has 1 aromatic carbocycles. The highest BCUT2D eigenvalue weighted by Crippen LogP contribution is 2.50. The first-order chi connectivity index (χ1) is 16.6. The van der Waals surface area contributed by atoms with Crippen LogP contribution in [0.5, 0.6) is 0 Å². The Morgan fingerprint density at radius 2 is 1.89 bits per heavy atom. The number of nitrogens with zero attached hydrogens (tertiary/aromatic N) is 5. The molecule has 35 heavy (non-hydrogen) atoms. The summed E-state index contributed by atoms with van der Waals surface area (Å²) < 4.78 is 36.0. The van der Waals surface area contributed by atoms with Gasteiger partial charge in [-0.3, -0.25) is 4.99 Å². The molecule has 6 rings (SSSR count). The van der Waals surface area contributed by atoms with E-state index in [1.54, 1.807) is 12.3 Å². The SMILES string of the molecule is Cc1cnc(N2C3=NCCCN3c3c(N4CC(C)NC(C)C4)cc(S(=O)(=O)NC4(C)CC4)cc32)o1. The lowest BCUT2D eigenvalue weighted by Crippen LogP contribution is -2.54. The van der Waals surface area contributed by atoms with Crippen molar-refractivity contribution >= 4 is 39.1 Å². The van der Waals surface area contributed by atoms with E-state index in [2.05, 4.69) is 38.7 Å². The van der Waals surface area contributed by atoms with Crippen LogP contribution in [-0.2, 0) is 10.0 Å². The normalized spacial score (nSPS) is 25.4. The van der Waals surface area contributed by atoms with Crippen molar-refractivity contribution in [1.82, 2.24) is 15.0 Å². The summed E-state index contributed by atoms with van der Waals surface area (Å²) in [5.41, 5.74) is 2.25. The average molecular weight is 500 g/mol. The zero-order valence-electron chi connectivity index (χ0n) is 20.7. The minimum Gasteiger partial charge on any atom is -0.428 e. The van der Waals surface area contributed by atoms with Gasteiger partial charge in [0.05, 0.1) is 28.2 Å². The van der Waals surface area contributed by atoms with E-state index in [-0.39, 0.29) is 22.5 Å². The van der Waals surface area contributed by atoms with Gasteiger partial charge in [0.25, 0.3) is 0 Å². The number of rotatable bonds is 5. The van der Waals surface area contributed by atoms with Crippen molar-refractivity contribution in [1.29, 1.82) is 0 Å². The summed E-state index contributed by atoms with van der Waals surface area (Å²) in [5.74, 6) is 1.43. The Bertz CT molecular complexity index is 1290. The Kier molecular flexibility index (Phi) is 5.17. The summed E-state index contributed by atoms with van der Waals surface area (Å²) in [6, 6.07) is 4.55. The van der Waals surface area contributed by atoms with Gasteiger partial charge in [-0.1, -0.05) is 0 Å². The number of aryl methyl sites for hydroxylation is 1. The van der Waals surface area contributed by atoms with Crippen LogP contribution in [0.25, 0.3) is 0 Å². The van der Waals surface area contributed by atoms with Crippen LogP contribution in [0.3, 0.4) is 0 Å². The van der Waals surface area contributed by atoms with Gasteiger partial charge >= 0.3 is 6.01 Å². The number of hydrogen-bond donors (Lipinski definition) is 2. The summed E-state index contributed by atoms with van der Waals surface area (Å²) in [6.45, 7) is 11.2. The fourth-order valence-corrected chi connectivity index (χ4v) is 6.86. The number of benzene rings is 1. The van der Waals surface area contributed by atoms with Crippen molar-refractivity contribution < 1.29 is 12.8 Å². The number of anilines is 4. The van der Waals surface area contributed by atoms with Crippen LogP contribution in [0, 0.1) is 6.92 Å². The van der Waals surface area contributed by atoms with E-state index >= 15 is 0 Å². The van der Waals surface area contributed by atoms with Crippen molar-refractivity contribution in [3.8, 4) is 0 Å². The summed E-state index contributed by atoms with van der Waals surface area (Å²) in [6.07, 6.45) is 4.30. The Hall–Kier alpha value is -2.63. The van der Waals surface area contributed by atoms with Crippen LogP contribution in [0.1, 0.15) is 45.8 Å². The van der Waals surface area contributed by atoms with Gasteiger partial charge < -0.3 is 19.5 Å². The molecule has 2 unspecified atom stereocenters. The molecule has 3 aliphatic heterocycles. The number of aliphatic imine (C=N–C) groups is 1. The summed E-state index contributed by atoms with van der Waals surface area (Å²) in [5, 5.41) is 3.58. The molecule has 0 bridgehead atoms. The molecule has 1 saturated carbocycles. The zero-order chi connectivity index (χ0) is 24.5. The molecule has 4 heterocycles. The first-order valence-electron chi connectivity index (χ1n) is 12.4. The second-order valence-electron chi connectivity index (χ2n) is 10.6. The van der Waals surface area contributed by atoms with E-state index in [0.29, 0.717) is 18.3 Å². The second-order valence-corrected chi connectivity index (χ2v) is 12.3. The van der Waals surface area contributed by atoms with Gasteiger partial charge in [-0.15, -0.1) is 0 Å². The smallest absolute Gasteiger partial charge is 0.309 e. The molecule has 2 N–H and O–H groups in total. The number of aromatic nitrogens is 1. The molecule has 1 saturated heterocycles. The molecule has 4 aliphatic rings. The van der Waals surface area contributed by atoms with E-state index in [1.165, 1.54) is 0 Å². The van der Waals surface area contributed by atoms with Crippen molar-refractivity contribution in [3.05, 3.63) is 24.1 Å². The Labute approximate surface area is 206 Å². The third-order valence-electron chi connectivity index (χ3n) is 7.18. The molecule has 0 amide bonds. The average Bonchev–Trinajstić information content (AvgIpc) is 3.21. The monoisotopic (exact) mass is 499 g/mol. The molecule has 188 valence electrons. The maximum absolute atomic E-state index is 13.6. The van der Waals surface area contributed by atoms with Gasteiger partial charge in [-0.25, -0.2) is 23.0 Å². The van der Waals surface area contributed by atoms with Gasteiger partial charge in [0, 0.05) is 43.8 Å². The van der Waals surface area contributed by atoms with Crippen LogP contribution in [0.4, 0.5) is 23.1 Å². The molecule has 1 aliphatic carbocycles. The molecule has 2 aromatic rings. The second kappa shape index (κ2) is 7.94.